The van der Waals surface area contributed by atoms with E-state index in [2.05, 4.69) is 27.9 Å². The molecule has 0 bridgehead atoms. The Bertz CT molecular complexity index is 672. The van der Waals surface area contributed by atoms with Gasteiger partial charge < -0.3 is 14.8 Å². The molecule has 4 nitrogen and oxygen atoms in total. The molecular weight excluding hydrogens is 381 g/mol. The number of para-hydroxylation sites is 1. The first kappa shape index (κ1) is 14.2. The molecule has 5 heteroatoms. The third-order valence-electron chi connectivity index (χ3n) is 3.12. The third-order valence-corrected chi connectivity index (χ3v) is 4.06. The van der Waals surface area contributed by atoms with Crippen LogP contribution in [0.3, 0.4) is 0 Å². The summed E-state index contributed by atoms with van der Waals surface area (Å²) in [6, 6.07) is 13.3. The maximum absolute atomic E-state index is 12.1. The van der Waals surface area contributed by atoms with Gasteiger partial charge in [-0.2, -0.15) is 0 Å². The van der Waals surface area contributed by atoms with E-state index in [1.807, 2.05) is 42.5 Å². The minimum absolute atomic E-state index is 0.0456. The highest BCUT2D eigenvalue weighted by Gasteiger charge is 2.13. The zero-order valence-electron chi connectivity index (χ0n) is 11.3. The molecule has 0 aromatic heterocycles. The Labute approximate surface area is 136 Å². The monoisotopic (exact) mass is 395 g/mol. The largest absolute Gasteiger partial charge is 0.486 e. The van der Waals surface area contributed by atoms with Gasteiger partial charge in [0, 0.05) is 3.57 Å². The summed E-state index contributed by atoms with van der Waals surface area (Å²) < 4.78 is 12.0. The Hall–Kier alpha value is -1.76. The van der Waals surface area contributed by atoms with Crippen LogP contribution in [0.2, 0.25) is 0 Å². The normalized spacial score (nSPS) is 12.8. The summed E-state index contributed by atoms with van der Waals surface area (Å²) in [4.78, 5) is 12.1. The van der Waals surface area contributed by atoms with Crippen molar-refractivity contribution in [2.75, 3.05) is 18.5 Å². The van der Waals surface area contributed by atoms with Gasteiger partial charge in [0.25, 0.3) is 0 Å². The smallest absolute Gasteiger partial charge is 0.228 e. The van der Waals surface area contributed by atoms with E-state index in [1.54, 1.807) is 0 Å². The lowest BCUT2D eigenvalue weighted by Gasteiger charge is -2.18. The van der Waals surface area contributed by atoms with Crippen LogP contribution in [-0.4, -0.2) is 19.1 Å². The van der Waals surface area contributed by atoms with Crippen LogP contribution < -0.4 is 14.8 Å². The van der Waals surface area contributed by atoms with E-state index >= 15 is 0 Å². The average Bonchev–Trinajstić information content (AvgIpc) is 2.49. The highest BCUT2D eigenvalue weighted by atomic mass is 127. The Kier molecular flexibility index (Phi) is 4.28. The zero-order chi connectivity index (χ0) is 14.7. The second kappa shape index (κ2) is 6.34. The Morgan fingerprint density at radius 3 is 2.67 bits per heavy atom. The lowest BCUT2D eigenvalue weighted by Crippen LogP contribution is -2.17. The van der Waals surface area contributed by atoms with E-state index in [9.17, 15) is 4.79 Å². The quantitative estimate of drug-likeness (QED) is 0.812. The number of halogens is 1. The minimum atomic E-state index is -0.0456. The number of carbonyl (C=O) groups is 1. The second-order valence-corrected chi connectivity index (χ2v) is 5.85. The number of rotatable bonds is 3. The van der Waals surface area contributed by atoms with Crippen LogP contribution in [0.4, 0.5) is 5.69 Å². The van der Waals surface area contributed by atoms with Gasteiger partial charge >= 0.3 is 0 Å². The van der Waals surface area contributed by atoms with Gasteiger partial charge in [0.15, 0.2) is 11.5 Å². The second-order valence-electron chi connectivity index (χ2n) is 4.68. The molecule has 2 aromatic carbocycles. The van der Waals surface area contributed by atoms with Gasteiger partial charge in [-0.1, -0.05) is 18.2 Å². The maximum atomic E-state index is 12.1. The van der Waals surface area contributed by atoms with E-state index in [1.165, 1.54) is 0 Å². The highest BCUT2D eigenvalue weighted by Crippen LogP contribution is 2.31. The van der Waals surface area contributed by atoms with Gasteiger partial charge in [-0.15, -0.1) is 0 Å². The van der Waals surface area contributed by atoms with Crippen molar-refractivity contribution < 1.29 is 14.3 Å². The van der Waals surface area contributed by atoms with Crippen molar-refractivity contribution in [1.82, 2.24) is 0 Å². The van der Waals surface area contributed by atoms with Crippen LogP contribution in [0, 0.1) is 3.57 Å². The molecule has 3 rings (SSSR count). The summed E-state index contributed by atoms with van der Waals surface area (Å²) in [7, 11) is 0. The summed E-state index contributed by atoms with van der Waals surface area (Å²) in [5.74, 6) is 1.40. The molecule has 0 fully saturated rings. The summed E-state index contributed by atoms with van der Waals surface area (Å²) in [6.07, 6.45) is 0.307. The summed E-state index contributed by atoms with van der Waals surface area (Å²) in [6.45, 7) is 1.12. The van der Waals surface area contributed by atoms with E-state index in [0.29, 0.717) is 25.4 Å². The summed E-state index contributed by atoms with van der Waals surface area (Å²) in [5, 5.41) is 2.92. The Balaban J connectivity index is 1.69. The molecule has 0 aliphatic carbocycles. The molecule has 0 saturated carbocycles. The van der Waals surface area contributed by atoms with E-state index in [-0.39, 0.29) is 5.91 Å². The average molecular weight is 395 g/mol. The molecule has 21 heavy (non-hydrogen) atoms. The number of hydrogen-bond acceptors (Lipinski definition) is 3. The summed E-state index contributed by atoms with van der Waals surface area (Å²) in [5.41, 5.74) is 1.74. The fourth-order valence-corrected chi connectivity index (χ4v) is 2.66. The van der Waals surface area contributed by atoms with Gasteiger partial charge in [-0.25, -0.2) is 0 Å². The predicted octanol–water partition coefficient (Wildman–Crippen LogP) is 3.24. The van der Waals surface area contributed by atoms with E-state index in [4.69, 9.17) is 9.47 Å². The molecule has 1 amide bonds. The lowest BCUT2D eigenvalue weighted by molar-refractivity contribution is -0.115. The minimum Gasteiger partial charge on any atom is -0.486 e. The van der Waals surface area contributed by atoms with Crippen molar-refractivity contribution in [3.05, 3.63) is 51.6 Å². The molecule has 0 atom stereocenters. The molecule has 0 saturated heterocycles. The van der Waals surface area contributed by atoms with Crippen LogP contribution in [0.1, 0.15) is 5.56 Å². The lowest BCUT2D eigenvalue weighted by atomic mass is 10.1. The van der Waals surface area contributed by atoms with Crippen LogP contribution in [-0.2, 0) is 11.2 Å². The molecule has 1 aliphatic rings. The van der Waals surface area contributed by atoms with Gasteiger partial charge in [0.2, 0.25) is 5.91 Å². The topological polar surface area (TPSA) is 47.6 Å². The number of amides is 1. The fraction of sp³-hybridized carbons (Fsp3) is 0.188. The van der Waals surface area contributed by atoms with Crippen molar-refractivity contribution in [2.45, 2.75) is 6.42 Å². The number of carbonyl (C=O) groups excluding carboxylic acids is 1. The predicted molar refractivity (Wildman–Crippen MR) is 88.9 cm³/mol. The Morgan fingerprint density at radius 1 is 1.10 bits per heavy atom. The molecular formula is C16H14INO3. The van der Waals surface area contributed by atoms with Crippen LogP contribution in [0.15, 0.2) is 42.5 Å². The van der Waals surface area contributed by atoms with Gasteiger partial charge in [-0.3, -0.25) is 4.79 Å². The number of nitrogens with one attached hydrogen (secondary N) is 1. The summed E-state index contributed by atoms with van der Waals surface area (Å²) >= 11 is 2.20. The van der Waals surface area contributed by atoms with Crippen molar-refractivity contribution in [1.29, 1.82) is 0 Å². The number of hydrogen-bond donors (Lipinski definition) is 1. The molecule has 0 radical (unpaired) electrons. The SMILES string of the molecule is O=C(Cc1ccc2c(c1)OCCO2)Nc1ccccc1I. The molecule has 2 aromatic rings. The molecule has 0 spiro atoms. The molecule has 0 unspecified atom stereocenters. The molecule has 1 N–H and O–H groups in total. The van der Waals surface area contributed by atoms with Crippen LogP contribution >= 0.6 is 22.6 Å². The number of benzene rings is 2. The van der Waals surface area contributed by atoms with Crippen molar-refractivity contribution >= 4 is 34.2 Å². The number of fused-ring (bicyclic) bond motifs is 1. The molecule has 1 heterocycles. The van der Waals surface area contributed by atoms with Crippen LogP contribution in [0.25, 0.3) is 0 Å². The number of anilines is 1. The first-order valence-corrected chi connectivity index (χ1v) is 7.73. The maximum Gasteiger partial charge on any atom is 0.228 e. The van der Waals surface area contributed by atoms with E-state index in [0.717, 1.165) is 20.6 Å². The standard InChI is InChI=1S/C16H14INO3/c17-12-3-1-2-4-13(12)18-16(19)10-11-5-6-14-15(9-11)21-8-7-20-14/h1-6,9H,7-8,10H2,(H,18,19). The van der Waals surface area contributed by atoms with Gasteiger partial charge in [0.05, 0.1) is 12.1 Å². The van der Waals surface area contributed by atoms with Gasteiger partial charge in [-0.05, 0) is 52.4 Å². The van der Waals surface area contributed by atoms with Crippen LogP contribution in [0.5, 0.6) is 11.5 Å². The molecule has 1 aliphatic heterocycles. The Morgan fingerprint density at radius 2 is 1.86 bits per heavy atom. The fourth-order valence-electron chi connectivity index (χ4n) is 2.14. The van der Waals surface area contributed by atoms with Crippen molar-refractivity contribution in [3.8, 4) is 11.5 Å². The van der Waals surface area contributed by atoms with E-state index < -0.39 is 0 Å². The molecule has 108 valence electrons. The van der Waals surface area contributed by atoms with Gasteiger partial charge in [0.1, 0.15) is 13.2 Å². The highest BCUT2D eigenvalue weighted by molar-refractivity contribution is 14.1. The third kappa shape index (κ3) is 3.47. The van der Waals surface area contributed by atoms with Crippen molar-refractivity contribution in [3.63, 3.8) is 0 Å². The first-order chi connectivity index (χ1) is 10.2. The first-order valence-electron chi connectivity index (χ1n) is 6.65. The zero-order valence-corrected chi connectivity index (χ0v) is 13.4. The van der Waals surface area contributed by atoms with Crippen molar-refractivity contribution in [2.24, 2.45) is 0 Å². The number of ether oxygens (including phenoxy) is 2.